The van der Waals surface area contributed by atoms with E-state index in [9.17, 15) is 4.79 Å². The molecule has 0 bridgehead atoms. The van der Waals surface area contributed by atoms with Crippen molar-refractivity contribution >= 4 is 11.6 Å². The van der Waals surface area contributed by atoms with E-state index in [0.717, 1.165) is 23.8 Å². The van der Waals surface area contributed by atoms with Crippen LogP contribution < -0.4 is 4.90 Å². The highest BCUT2D eigenvalue weighted by atomic mass is 16.1. The number of carbonyl (C=O) groups is 1. The Bertz CT molecular complexity index is 372. The zero-order valence-corrected chi connectivity index (χ0v) is 9.23. The van der Waals surface area contributed by atoms with Gasteiger partial charge in [0.2, 0.25) is 0 Å². The van der Waals surface area contributed by atoms with Gasteiger partial charge in [-0.15, -0.1) is 0 Å². The van der Waals surface area contributed by atoms with E-state index in [2.05, 4.69) is 9.88 Å². The number of anilines is 1. The molecule has 1 aromatic rings. The van der Waals surface area contributed by atoms with Crippen LogP contribution in [0.3, 0.4) is 0 Å². The lowest BCUT2D eigenvalue weighted by atomic mass is 10.2. The van der Waals surface area contributed by atoms with Crippen molar-refractivity contribution in [2.75, 3.05) is 18.5 Å². The Morgan fingerprint density at radius 3 is 2.93 bits per heavy atom. The van der Waals surface area contributed by atoms with Crippen molar-refractivity contribution in [2.45, 2.75) is 19.8 Å². The summed E-state index contributed by atoms with van der Waals surface area (Å²) in [6.07, 6.45) is 4.36. The van der Waals surface area contributed by atoms with Crippen molar-refractivity contribution in [3.63, 3.8) is 0 Å². The number of ketones is 1. The molecule has 0 aliphatic heterocycles. The number of rotatable bonds is 4. The molecule has 0 N–H and O–H groups in total. The monoisotopic (exact) mass is 204 g/mol. The quantitative estimate of drug-likeness (QED) is 0.704. The molecule has 0 amide bonds. The molecular formula is C12H16N2O. The van der Waals surface area contributed by atoms with Crippen LogP contribution in [0.1, 0.15) is 30.1 Å². The van der Waals surface area contributed by atoms with E-state index in [0.29, 0.717) is 0 Å². The summed E-state index contributed by atoms with van der Waals surface area (Å²) in [4.78, 5) is 17.6. The standard InChI is InChI=1S/C12H16N2O/c1-9(15)11-5-6-13-12(7-11)14(2)8-10-3-4-10/h5-7,10H,3-4,8H2,1-2H3. The summed E-state index contributed by atoms with van der Waals surface area (Å²) in [6.45, 7) is 2.63. The molecule has 1 saturated carbocycles. The first-order chi connectivity index (χ1) is 7.16. The first kappa shape index (κ1) is 10.1. The van der Waals surface area contributed by atoms with Gasteiger partial charge < -0.3 is 4.90 Å². The Kier molecular flexibility index (Phi) is 2.71. The fourth-order valence-corrected chi connectivity index (χ4v) is 1.63. The fraction of sp³-hybridized carbons (Fsp3) is 0.500. The van der Waals surface area contributed by atoms with E-state index < -0.39 is 0 Å². The van der Waals surface area contributed by atoms with Crippen molar-refractivity contribution < 1.29 is 4.79 Å². The number of hydrogen-bond donors (Lipinski definition) is 0. The molecule has 3 nitrogen and oxygen atoms in total. The van der Waals surface area contributed by atoms with Crippen molar-refractivity contribution in [3.8, 4) is 0 Å². The first-order valence-electron chi connectivity index (χ1n) is 5.35. The van der Waals surface area contributed by atoms with Crippen LogP contribution in [-0.4, -0.2) is 24.4 Å². The van der Waals surface area contributed by atoms with E-state index in [1.165, 1.54) is 12.8 Å². The second-order valence-corrected chi connectivity index (χ2v) is 4.28. The molecule has 0 atom stereocenters. The second-order valence-electron chi connectivity index (χ2n) is 4.28. The normalized spacial score (nSPS) is 15.1. The van der Waals surface area contributed by atoms with Gasteiger partial charge in [0, 0.05) is 25.4 Å². The zero-order chi connectivity index (χ0) is 10.8. The lowest BCUT2D eigenvalue weighted by molar-refractivity contribution is 0.101. The highest BCUT2D eigenvalue weighted by molar-refractivity contribution is 5.94. The first-order valence-corrected chi connectivity index (χ1v) is 5.35. The molecule has 0 unspecified atom stereocenters. The smallest absolute Gasteiger partial charge is 0.159 e. The zero-order valence-electron chi connectivity index (χ0n) is 9.23. The maximum atomic E-state index is 11.2. The number of aromatic nitrogens is 1. The maximum Gasteiger partial charge on any atom is 0.159 e. The third-order valence-corrected chi connectivity index (χ3v) is 2.77. The largest absolute Gasteiger partial charge is 0.359 e. The molecule has 2 rings (SSSR count). The minimum atomic E-state index is 0.0958. The van der Waals surface area contributed by atoms with Crippen LogP contribution >= 0.6 is 0 Å². The Labute approximate surface area is 90.1 Å². The topological polar surface area (TPSA) is 33.2 Å². The van der Waals surface area contributed by atoms with Gasteiger partial charge in [-0.3, -0.25) is 4.79 Å². The molecule has 3 heteroatoms. The molecule has 0 saturated heterocycles. The van der Waals surface area contributed by atoms with Crippen LogP contribution in [-0.2, 0) is 0 Å². The summed E-state index contributed by atoms with van der Waals surface area (Å²) in [5.74, 6) is 1.82. The van der Waals surface area contributed by atoms with Gasteiger partial charge in [0.05, 0.1) is 0 Å². The Balaban J connectivity index is 2.11. The minimum absolute atomic E-state index is 0.0958. The van der Waals surface area contributed by atoms with Crippen LogP contribution in [0.15, 0.2) is 18.3 Å². The van der Waals surface area contributed by atoms with Gasteiger partial charge in [0.25, 0.3) is 0 Å². The minimum Gasteiger partial charge on any atom is -0.359 e. The summed E-state index contributed by atoms with van der Waals surface area (Å²) >= 11 is 0. The Morgan fingerprint density at radius 2 is 2.33 bits per heavy atom. The van der Waals surface area contributed by atoms with Gasteiger partial charge in [0.1, 0.15) is 5.82 Å². The van der Waals surface area contributed by atoms with Crippen LogP contribution in [0.4, 0.5) is 5.82 Å². The summed E-state index contributed by atoms with van der Waals surface area (Å²) < 4.78 is 0. The number of nitrogens with zero attached hydrogens (tertiary/aromatic N) is 2. The predicted molar refractivity (Wildman–Crippen MR) is 60.2 cm³/mol. The van der Waals surface area contributed by atoms with Crippen molar-refractivity contribution in [2.24, 2.45) is 5.92 Å². The van der Waals surface area contributed by atoms with E-state index in [1.54, 1.807) is 19.2 Å². The molecule has 1 fully saturated rings. The molecule has 1 aliphatic rings. The van der Waals surface area contributed by atoms with E-state index in [1.807, 2.05) is 13.1 Å². The van der Waals surface area contributed by atoms with Crippen molar-refractivity contribution in [1.29, 1.82) is 0 Å². The molecule has 80 valence electrons. The molecule has 0 radical (unpaired) electrons. The SMILES string of the molecule is CC(=O)c1ccnc(N(C)CC2CC2)c1. The third kappa shape index (κ3) is 2.55. The predicted octanol–water partition coefficient (Wildman–Crippen LogP) is 2.13. The Hall–Kier alpha value is -1.38. The van der Waals surface area contributed by atoms with E-state index >= 15 is 0 Å². The average molecular weight is 204 g/mol. The molecule has 0 spiro atoms. The molecule has 1 aromatic heterocycles. The van der Waals surface area contributed by atoms with Crippen molar-refractivity contribution in [3.05, 3.63) is 23.9 Å². The molecule has 0 aromatic carbocycles. The van der Waals surface area contributed by atoms with E-state index in [-0.39, 0.29) is 5.78 Å². The van der Waals surface area contributed by atoms with Crippen LogP contribution in [0, 0.1) is 5.92 Å². The van der Waals surface area contributed by atoms with Gasteiger partial charge in [0.15, 0.2) is 5.78 Å². The number of Topliss-reactive ketones (excluding diaryl/α,β-unsaturated/α-hetero) is 1. The van der Waals surface area contributed by atoms with Gasteiger partial charge in [-0.05, 0) is 37.8 Å². The summed E-state index contributed by atoms with van der Waals surface area (Å²) in [6, 6.07) is 3.63. The van der Waals surface area contributed by atoms with Gasteiger partial charge >= 0.3 is 0 Å². The number of pyridine rings is 1. The molecule has 1 heterocycles. The second kappa shape index (κ2) is 4.01. The number of hydrogen-bond acceptors (Lipinski definition) is 3. The van der Waals surface area contributed by atoms with E-state index in [4.69, 9.17) is 0 Å². The average Bonchev–Trinajstić information content (AvgIpc) is 3.02. The van der Waals surface area contributed by atoms with Crippen LogP contribution in [0.2, 0.25) is 0 Å². The molecular weight excluding hydrogens is 188 g/mol. The summed E-state index contributed by atoms with van der Waals surface area (Å²) in [5.41, 5.74) is 0.739. The van der Waals surface area contributed by atoms with Crippen molar-refractivity contribution in [1.82, 2.24) is 4.98 Å². The summed E-state index contributed by atoms with van der Waals surface area (Å²) in [7, 11) is 2.03. The Morgan fingerprint density at radius 1 is 1.60 bits per heavy atom. The van der Waals surface area contributed by atoms with Gasteiger partial charge in [-0.2, -0.15) is 0 Å². The molecule has 1 aliphatic carbocycles. The highest BCUT2D eigenvalue weighted by Crippen LogP contribution is 2.30. The molecule has 15 heavy (non-hydrogen) atoms. The summed E-state index contributed by atoms with van der Waals surface area (Å²) in [5, 5.41) is 0. The lowest BCUT2D eigenvalue weighted by Crippen LogP contribution is -2.21. The lowest BCUT2D eigenvalue weighted by Gasteiger charge is -2.17. The van der Waals surface area contributed by atoms with Gasteiger partial charge in [-0.1, -0.05) is 0 Å². The highest BCUT2D eigenvalue weighted by Gasteiger charge is 2.23. The van der Waals surface area contributed by atoms with Crippen LogP contribution in [0.25, 0.3) is 0 Å². The maximum absolute atomic E-state index is 11.2. The number of carbonyl (C=O) groups excluding carboxylic acids is 1. The fourth-order valence-electron chi connectivity index (χ4n) is 1.63. The van der Waals surface area contributed by atoms with Gasteiger partial charge in [-0.25, -0.2) is 4.98 Å². The third-order valence-electron chi connectivity index (χ3n) is 2.77. The van der Waals surface area contributed by atoms with Crippen LogP contribution in [0.5, 0.6) is 0 Å².